The summed E-state index contributed by atoms with van der Waals surface area (Å²) in [6, 6.07) is 4.81. The maximum atomic E-state index is 13.0. The van der Waals surface area contributed by atoms with Gasteiger partial charge in [-0.3, -0.25) is 4.79 Å². The summed E-state index contributed by atoms with van der Waals surface area (Å²) in [7, 11) is -2.18. The molecule has 0 aromatic heterocycles. The summed E-state index contributed by atoms with van der Waals surface area (Å²) < 4.78 is 32.8. The van der Waals surface area contributed by atoms with Crippen molar-refractivity contribution in [2.45, 2.75) is 37.0 Å². The fourth-order valence-electron chi connectivity index (χ4n) is 3.68. The van der Waals surface area contributed by atoms with Crippen LogP contribution in [0.25, 0.3) is 0 Å². The summed E-state index contributed by atoms with van der Waals surface area (Å²) in [5.41, 5.74) is 0.491. The summed E-state index contributed by atoms with van der Waals surface area (Å²) in [6.07, 6.45) is 5.11. The van der Waals surface area contributed by atoms with Crippen molar-refractivity contribution in [2.75, 3.05) is 45.2 Å². The second-order valence-electron chi connectivity index (χ2n) is 7.01. The van der Waals surface area contributed by atoms with E-state index in [-0.39, 0.29) is 10.8 Å². The minimum atomic E-state index is -3.63. The van der Waals surface area contributed by atoms with Gasteiger partial charge in [-0.05, 0) is 31.0 Å². The standard InChI is InChI=1S/C18H27N3O4S/c1-25-16-8-7-15(19-18(22)14-20-9-5-6-10-20)13-17(16)26(23,24)21-11-3-2-4-12-21/h7-8,13H,2-6,9-12,14H2,1H3,(H,19,22)/p+1. The number of benzene rings is 1. The number of amides is 1. The Labute approximate surface area is 155 Å². The van der Waals surface area contributed by atoms with Crippen LogP contribution in [0.1, 0.15) is 32.1 Å². The van der Waals surface area contributed by atoms with Crippen LogP contribution in [0.4, 0.5) is 5.69 Å². The highest BCUT2D eigenvalue weighted by Crippen LogP contribution is 2.31. The lowest BCUT2D eigenvalue weighted by Crippen LogP contribution is -3.11. The van der Waals surface area contributed by atoms with E-state index in [4.69, 9.17) is 4.74 Å². The minimum Gasteiger partial charge on any atom is -0.495 e. The monoisotopic (exact) mass is 382 g/mol. The fraction of sp³-hybridized carbons (Fsp3) is 0.611. The Balaban J connectivity index is 1.78. The van der Waals surface area contributed by atoms with Crippen LogP contribution in [0.3, 0.4) is 0 Å². The van der Waals surface area contributed by atoms with Gasteiger partial charge in [0.2, 0.25) is 10.0 Å². The van der Waals surface area contributed by atoms with Crippen molar-refractivity contribution in [1.29, 1.82) is 0 Å². The van der Waals surface area contributed by atoms with E-state index < -0.39 is 10.0 Å². The average molecular weight is 383 g/mol. The van der Waals surface area contributed by atoms with E-state index in [0.717, 1.165) is 45.2 Å². The number of sulfonamides is 1. The predicted octanol–water partition coefficient (Wildman–Crippen LogP) is 0.487. The summed E-state index contributed by atoms with van der Waals surface area (Å²) >= 11 is 0. The molecule has 7 nitrogen and oxygen atoms in total. The Morgan fingerprint density at radius 3 is 2.50 bits per heavy atom. The van der Waals surface area contributed by atoms with Gasteiger partial charge >= 0.3 is 0 Å². The number of rotatable bonds is 6. The Morgan fingerprint density at radius 1 is 1.15 bits per heavy atom. The number of likely N-dealkylation sites (tertiary alicyclic amines) is 1. The number of hydrogen-bond donors (Lipinski definition) is 2. The van der Waals surface area contributed by atoms with E-state index in [0.29, 0.717) is 31.1 Å². The quantitative estimate of drug-likeness (QED) is 0.750. The highest BCUT2D eigenvalue weighted by Gasteiger charge is 2.29. The maximum Gasteiger partial charge on any atom is 0.279 e. The normalized spacial score (nSPS) is 19.4. The summed E-state index contributed by atoms with van der Waals surface area (Å²) in [5, 5.41) is 2.84. The van der Waals surface area contributed by atoms with Crippen LogP contribution in [-0.4, -0.2) is 58.5 Å². The third-order valence-corrected chi connectivity index (χ3v) is 7.02. The molecule has 0 spiro atoms. The molecule has 2 saturated heterocycles. The summed E-state index contributed by atoms with van der Waals surface area (Å²) in [6.45, 7) is 3.51. The molecule has 1 amide bonds. The Bertz CT molecular complexity index is 739. The summed E-state index contributed by atoms with van der Waals surface area (Å²) in [4.78, 5) is 13.7. The Morgan fingerprint density at radius 2 is 1.85 bits per heavy atom. The van der Waals surface area contributed by atoms with Crippen molar-refractivity contribution in [3.8, 4) is 5.75 Å². The lowest BCUT2D eigenvalue weighted by molar-refractivity contribution is -0.878. The zero-order chi connectivity index (χ0) is 18.6. The first kappa shape index (κ1) is 19.1. The number of quaternary nitrogens is 1. The van der Waals surface area contributed by atoms with E-state index in [2.05, 4.69) is 5.32 Å². The fourth-order valence-corrected chi connectivity index (χ4v) is 5.38. The van der Waals surface area contributed by atoms with Gasteiger partial charge in [-0.2, -0.15) is 4.31 Å². The number of piperidine rings is 1. The number of nitrogens with one attached hydrogen (secondary N) is 2. The number of methoxy groups -OCH3 is 1. The van der Waals surface area contributed by atoms with E-state index >= 15 is 0 Å². The van der Waals surface area contributed by atoms with Crippen LogP contribution in [0.5, 0.6) is 5.75 Å². The van der Waals surface area contributed by atoms with Crippen LogP contribution in [-0.2, 0) is 14.8 Å². The van der Waals surface area contributed by atoms with Gasteiger partial charge in [0, 0.05) is 31.6 Å². The number of carbonyl (C=O) groups is 1. The highest BCUT2D eigenvalue weighted by molar-refractivity contribution is 7.89. The molecule has 2 N–H and O–H groups in total. The van der Waals surface area contributed by atoms with Crippen LogP contribution in [0, 0.1) is 0 Å². The molecule has 0 unspecified atom stereocenters. The lowest BCUT2D eigenvalue weighted by Gasteiger charge is -2.26. The molecule has 2 heterocycles. The van der Waals surface area contributed by atoms with Gasteiger partial charge in [0.05, 0.1) is 20.2 Å². The zero-order valence-corrected chi connectivity index (χ0v) is 16.1. The molecule has 3 rings (SSSR count). The van der Waals surface area contributed by atoms with Gasteiger partial charge in [-0.1, -0.05) is 6.42 Å². The van der Waals surface area contributed by atoms with Crippen molar-refractivity contribution in [3.63, 3.8) is 0 Å². The Hall–Kier alpha value is -1.64. The summed E-state index contributed by atoms with van der Waals surface area (Å²) in [5.74, 6) is 0.215. The van der Waals surface area contributed by atoms with Gasteiger partial charge < -0.3 is 15.0 Å². The van der Waals surface area contributed by atoms with Gasteiger partial charge in [0.25, 0.3) is 5.91 Å². The molecule has 2 fully saturated rings. The molecule has 0 bridgehead atoms. The first-order valence-electron chi connectivity index (χ1n) is 9.32. The molecule has 2 aliphatic rings. The van der Waals surface area contributed by atoms with Crippen LogP contribution < -0.4 is 15.0 Å². The van der Waals surface area contributed by atoms with Crippen molar-refractivity contribution >= 4 is 21.6 Å². The zero-order valence-electron chi connectivity index (χ0n) is 15.3. The molecule has 144 valence electrons. The first-order chi connectivity index (χ1) is 12.5. The smallest absolute Gasteiger partial charge is 0.279 e. The molecule has 0 atom stereocenters. The maximum absolute atomic E-state index is 13.0. The molecule has 2 aliphatic heterocycles. The molecular weight excluding hydrogens is 354 g/mol. The first-order valence-corrected chi connectivity index (χ1v) is 10.8. The largest absolute Gasteiger partial charge is 0.495 e. The third kappa shape index (κ3) is 4.36. The second-order valence-corrected chi connectivity index (χ2v) is 8.92. The molecule has 1 aromatic rings. The third-order valence-electron chi connectivity index (χ3n) is 5.10. The van der Waals surface area contributed by atoms with E-state index in [1.165, 1.54) is 22.4 Å². The van der Waals surface area contributed by atoms with Crippen LogP contribution in [0.2, 0.25) is 0 Å². The second kappa shape index (κ2) is 8.37. The SMILES string of the molecule is COc1ccc(NC(=O)C[NH+]2CCCC2)cc1S(=O)(=O)N1CCCCC1. The molecular formula is C18H28N3O4S+. The molecule has 26 heavy (non-hydrogen) atoms. The van der Waals surface area contributed by atoms with Gasteiger partial charge in [-0.25, -0.2) is 8.42 Å². The number of hydrogen-bond acceptors (Lipinski definition) is 4. The van der Waals surface area contributed by atoms with Gasteiger partial charge in [0.15, 0.2) is 6.54 Å². The Kier molecular flexibility index (Phi) is 6.16. The van der Waals surface area contributed by atoms with Crippen LogP contribution in [0.15, 0.2) is 23.1 Å². The number of ether oxygens (including phenoxy) is 1. The molecule has 8 heteroatoms. The number of carbonyl (C=O) groups excluding carboxylic acids is 1. The van der Waals surface area contributed by atoms with E-state index in [1.807, 2.05) is 0 Å². The van der Waals surface area contributed by atoms with Crippen molar-refractivity contribution in [1.82, 2.24) is 4.31 Å². The molecule has 0 radical (unpaired) electrons. The van der Waals surface area contributed by atoms with Gasteiger partial charge in [0.1, 0.15) is 10.6 Å². The van der Waals surface area contributed by atoms with Crippen molar-refractivity contribution in [3.05, 3.63) is 18.2 Å². The van der Waals surface area contributed by atoms with Crippen molar-refractivity contribution < 1.29 is 22.8 Å². The molecule has 0 saturated carbocycles. The van der Waals surface area contributed by atoms with E-state index in [9.17, 15) is 13.2 Å². The van der Waals surface area contributed by atoms with Crippen molar-refractivity contribution in [2.24, 2.45) is 0 Å². The lowest BCUT2D eigenvalue weighted by atomic mass is 10.2. The average Bonchev–Trinajstić information content (AvgIpc) is 3.15. The molecule has 1 aromatic carbocycles. The van der Waals surface area contributed by atoms with Gasteiger partial charge in [-0.15, -0.1) is 0 Å². The highest BCUT2D eigenvalue weighted by atomic mass is 32.2. The van der Waals surface area contributed by atoms with Crippen LogP contribution >= 0.6 is 0 Å². The number of nitrogens with zero attached hydrogens (tertiary/aromatic N) is 1. The van der Waals surface area contributed by atoms with E-state index in [1.54, 1.807) is 12.1 Å². The number of anilines is 1. The minimum absolute atomic E-state index is 0.0895. The topological polar surface area (TPSA) is 80.1 Å². The predicted molar refractivity (Wildman–Crippen MR) is 99.0 cm³/mol. The molecule has 0 aliphatic carbocycles.